The summed E-state index contributed by atoms with van der Waals surface area (Å²) in [7, 11) is 1.53. The molecule has 0 aliphatic heterocycles. The number of hydrogen-bond donors (Lipinski definition) is 0. The van der Waals surface area contributed by atoms with Gasteiger partial charge in [0.25, 0.3) is 0 Å². The van der Waals surface area contributed by atoms with E-state index in [1.165, 1.54) is 44.7 Å². The van der Waals surface area contributed by atoms with Gasteiger partial charge in [-0.1, -0.05) is 122 Å². The zero-order valence-corrected chi connectivity index (χ0v) is 30.4. The highest BCUT2D eigenvalue weighted by molar-refractivity contribution is 5.94. The molecule has 0 aliphatic carbocycles. The monoisotopic (exact) mass is 669 g/mol. The maximum Gasteiger partial charge on any atom is 0.347 e. The van der Waals surface area contributed by atoms with Gasteiger partial charge in [0.2, 0.25) is 0 Å². The average molecular weight is 670 g/mol. The molecule has 0 saturated heterocycles. The number of carbonyl (C=O) groups is 1. The fraction of sp³-hybridized carbons (Fsp3) is 0.463. The molecule has 0 fully saturated rings. The highest BCUT2D eigenvalue weighted by atomic mass is 16.6. The van der Waals surface area contributed by atoms with E-state index in [0.29, 0.717) is 47.9 Å². The zero-order chi connectivity index (χ0) is 35.3. The quantitative estimate of drug-likeness (QED) is 0.0553. The smallest absolute Gasteiger partial charge is 0.347 e. The molecule has 0 unspecified atom stereocenters. The predicted octanol–water partition coefficient (Wildman–Crippen LogP) is 10.1. The zero-order valence-electron chi connectivity index (χ0n) is 30.4. The van der Waals surface area contributed by atoms with Gasteiger partial charge in [0, 0.05) is 11.1 Å². The molecule has 264 valence electrons. The lowest BCUT2D eigenvalue weighted by atomic mass is 10.0. The van der Waals surface area contributed by atoms with Gasteiger partial charge in [0.05, 0.1) is 20.3 Å². The minimum absolute atomic E-state index is 0.332. The van der Waals surface area contributed by atoms with Crippen LogP contribution in [0.4, 0.5) is 0 Å². The van der Waals surface area contributed by atoms with Crippen molar-refractivity contribution < 1.29 is 23.7 Å². The molecule has 3 aromatic carbocycles. The van der Waals surface area contributed by atoms with E-state index in [2.05, 4.69) is 55.6 Å². The molecule has 1 aromatic heterocycles. The molecule has 8 heteroatoms. The fourth-order valence-electron chi connectivity index (χ4n) is 5.47. The molecule has 8 nitrogen and oxygen atoms in total. The van der Waals surface area contributed by atoms with Crippen LogP contribution < -0.4 is 18.9 Å². The minimum atomic E-state index is -0.397. The molecule has 0 N–H and O–H groups in total. The highest BCUT2D eigenvalue weighted by Gasteiger charge is 2.22. The predicted molar refractivity (Wildman–Crippen MR) is 197 cm³/mol. The number of unbranched alkanes of at least 4 members (excludes halogenated alkanes) is 6. The summed E-state index contributed by atoms with van der Waals surface area (Å²) in [6, 6.07) is 19.7. The van der Waals surface area contributed by atoms with Gasteiger partial charge in [-0.15, -0.1) is 0 Å². The Morgan fingerprint density at radius 2 is 1.33 bits per heavy atom. The topological polar surface area (TPSA) is 92.7 Å². The summed E-state index contributed by atoms with van der Waals surface area (Å²) in [5.74, 6) is 2.09. The van der Waals surface area contributed by atoms with Gasteiger partial charge in [0.15, 0.2) is 17.3 Å². The van der Waals surface area contributed by atoms with Gasteiger partial charge < -0.3 is 18.9 Å². The van der Waals surface area contributed by atoms with Gasteiger partial charge in [-0.2, -0.15) is 9.97 Å². The normalized spacial score (nSPS) is 10.6. The first-order valence-corrected chi connectivity index (χ1v) is 18.0. The van der Waals surface area contributed by atoms with Crippen LogP contribution >= 0.6 is 0 Å². The maximum absolute atomic E-state index is 13.4. The summed E-state index contributed by atoms with van der Waals surface area (Å²) in [6.07, 6.45) is 13.0. The number of carbonyl (C=O) groups excluding carboxylic acids is 1. The number of rotatable bonds is 19. The Morgan fingerprint density at radius 1 is 0.653 bits per heavy atom. The number of aryl methyl sites for hydroxylation is 2. The molecule has 0 radical (unpaired) electrons. The molecule has 1 heterocycles. The van der Waals surface area contributed by atoms with Crippen molar-refractivity contribution >= 4 is 5.97 Å². The first-order chi connectivity index (χ1) is 24.0. The molecule has 0 atom stereocenters. The lowest BCUT2D eigenvalue weighted by Gasteiger charge is -2.19. The van der Waals surface area contributed by atoms with Gasteiger partial charge in [-0.05, 0) is 55.4 Å². The third-order valence-electron chi connectivity index (χ3n) is 8.21. The van der Waals surface area contributed by atoms with E-state index >= 15 is 0 Å². The molecule has 0 bridgehead atoms. The summed E-state index contributed by atoms with van der Waals surface area (Å²) < 4.78 is 23.3. The molecular weight excluding hydrogens is 614 g/mol. The number of hydrogen-bond acceptors (Lipinski definition) is 8. The number of nitrogens with zero attached hydrogens (tertiary/aromatic N) is 3. The van der Waals surface area contributed by atoms with E-state index in [9.17, 15) is 4.79 Å². The summed E-state index contributed by atoms with van der Waals surface area (Å²) in [6.45, 7) is 12.0. The Balaban J connectivity index is 0.000000382. The van der Waals surface area contributed by atoms with Crippen LogP contribution in [0.2, 0.25) is 0 Å². The minimum Gasteiger partial charge on any atom is -0.492 e. The van der Waals surface area contributed by atoms with E-state index in [-0.39, 0.29) is 0 Å². The summed E-state index contributed by atoms with van der Waals surface area (Å²) in [4.78, 5) is 25.4. The van der Waals surface area contributed by atoms with Crippen LogP contribution in [-0.2, 0) is 19.3 Å². The van der Waals surface area contributed by atoms with Crippen molar-refractivity contribution in [2.45, 2.75) is 105 Å². The number of aromatic nitrogens is 3. The molecule has 49 heavy (non-hydrogen) atoms. The number of esters is 1. The lowest BCUT2D eigenvalue weighted by Crippen LogP contribution is -2.14. The standard InChI is InChI=1S/C31H46O4.C10H9N3O/c1-6-11-13-15-22-33-29-25(9-4)18-17-19-27(29)31(32)35-28-21-20-24(8-3)26(10-5)30(28)34-23-16-14-12-7-2;1-14-10-12-7-11-9(13-10)8-5-3-2-4-6-8/h17-21H,6-16,22-23H2,1-5H3;2-7H,1H3. The average Bonchev–Trinajstić information content (AvgIpc) is 3.15. The Labute approximate surface area is 293 Å². The second-order valence-corrected chi connectivity index (χ2v) is 11.8. The van der Waals surface area contributed by atoms with Gasteiger partial charge in [-0.25, -0.2) is 9.78 Å². The summed E-state index contributed by atoms with van der Waals surface area (Å²) >= 11 is 0. The molecule has 0 aliphatic rings. The van der Waals surface area contributed by atoms with E-state index in [4.69, 9.17) is 18.9 Å². The number of ether oxygens (including phenoxy) is 4. The molecule has 0 amide bonds. The molecule has 0 saturated carbocycles. The second kappa shape index (κ2) is 22.2. The van der Waals surface area contributed by atoms with Crippen molar-refractivity contribution in [3.8, 4) is 34.6 Å². The van der Waals surface area contributed by atoms with E-state index in [1.807, 2.05) is 48.5 Å². The number of benzene rings is 3. The third-order valence-corrected chi connectivity index (χ3v) is 8.21. The van der Waals surface area contributed by atoms with Crippen molar-refractivity contribution in [2.75, 3.05) is 20.3 Å². The van der Waals surface area contributed by atoms with Crippen LogP contribution in [0.3, 0.4) is 0 Å². The largest absolute Gasteiger partial charge is 0.492 e. The van der Waals surface area contributed by atoms with Gasteiger partial charge >= 0.3 is 12.0 Å². The molecular formula is C41H55N3O5. The Bertz CT molecular complexity index is 1540. The number of methoxy groups -OCH3 is 1. The van der Waals surface area contributed by atoms with Crippen molar-refractivity contribution in [1.82, 2.24) is 15.0 Å². The lowest BCUT2D eigenvalue weighted by molar-refractivity contribution is 0.0722. The van der Waals surface area contributed by atoms with Crippen molar-refractivity contribution in [1.29, 1.82) is 0 Å². The van der Waals surface area contributed by atoms with E-state index in [1.54, 1.807) is 6.07 Å². The molecule has 4 aromatic rings. The van der Waals surface area contributed by atoms with Crippen molar-refractivity contribution in [2.24, 2.45) is 0 Å². The first-order valence-electron chi connectivity index (χ1n) is 18.0. The third kappa shape index (κ3) is 12.2. The summed E-state index contributed by atoms with van der Waals surface area (Å²) in [5.41, 5.74) is 4.82. The SMILES string of the molecule is CCCCCCOc1c(CC)cccc1C(=O)Oc1ccc(CC)c(CC)c1OCCCCCC.COc1ncnc(-c2ccccc2)n1. The molecule has 0 spiro atoms. The van der Waals surface area contributed by atoms with Gasteiger partial charge in [-0.3, -0.25) is 0 Å². The van der Waals surface area contributed by atoms with Crippen LogP contribution in [-0.4, -0.2) is 41.2 Å². The number of para-hydroxylation sites is 1. The van der Waals surface area contributed by atoms with Crippen molar-refractivity contribution in [3.63, 3.8) is 0 Å². The van der Waals surface area contributed by atoms with E-state index in [0.717, 1.165) is 61.6 Å². The summed E-state index contributed by atoms with van der Waals surface area (Å²) in [5, 5.41) is 0. The van der Waals surface area contributed by atoms with Crippen LogP contribution in [0.1, 0.15) is 113 Å². The van der Waals surface area contributed by atoms with Crippen LogP contribution in [0.5, 0.6) is 23.3 Å². The highest BCUT2D eigenvalue weighted by Crippen LogP contribution is 2.36. The van der Waals surface area contributed by atoms with Crippen molar-refractivity contribution in [3.05, 3.63) is 89.2 Å². The Kier molecular flexibility index (Phi) is 17.7. The Morgan fingerprint density at radius 3 is 1.94 bits per heavy atom. The Hall–Kier alpha value is -4.46. The van der Waals surface area contributed by atoms with E-state index < -0.39 is 5.97 Å². The van der Waals surface area contributed by atoms with Crippen LogP contribution in [0.15, 0.2) is 67.0 Å². The molecule has 4 rings (SSSR count). The van der Waals surface area contributed by atoms with Crippen LogP contribution in [0, 0.1) is 0 Å². The first kappa shape index (κ1) is 39.0. The second-order valence-electron chi connectivity index (χ2n) is 11.8. The van der Waals surface area contributed by atoms with Crippen LogP contribution in [0.25, 0.3) is 11.4 Å². The maximum atomic E-state index is 13.4. The van der Waals surface area contributed by atoms with Gasteiger partial charge in [0.1, 0.15) is 17.6 Å². The fourth-order valence-corrected chi connectivity index (χ4v) is 5.47.